The number of hydrogen-bond donors (Lipinski definition) is 0. The van der Waals surface area contributed by atoms with Gasteiger partial charge in [-0.25, -0.2) is 4.98 Å². The molecule has 1 aromatic carbocycles. The normalized spacial score (nSPS) is 10.7. The summed E-state index contributed by atoms with van der Waals surface area (Å²) in [7, 11) is 0. The summed E-state index contributed by atoms with van der Waals surface area (Å²) in [5.41, 5.74) is 2.68. The van der Waals surface area contributed by atoms with Crippen molar-refractivity contribution in [3.05, 3.63) is 37.0 Å². The fraction of sp³-hybridized carbons (Fsp3) is 0.100. The van der Waals surface area contributed by atoms with Gasteiger partial charge in [0.2, 0.25) is 0 Å². The highest BCUT2D eigenvalue weighted by atomic mass is 79.9. The molecule has 1 nitrogen and oxygen atoms in total. The molecule has 2 rings (SSSR count). The molecule has 0 aliphatic heterocycles. The predicted octanol–water partition coefficient (Wildman–Crippen LogP) is 5.19. The first kappa shape index (κ1) is 11.4. The molecule has 1 aromatic heterocycles. The lowest BCUT2D eigenvalue weighted by Crippen LogP contribution is -1.84. The summed E-state index contributed by atoms with van der Waals surface area (Å²) < 4.78 is 0.848. The van der Waals surface area contributed by atoms with Gasteiger partial charge in [-0.1, -0.05) is 23.2 Å². The third kappa shape index (κ3) is 2.21. The maximum atomic E-state index is 6.21. The summed E-state index contributed by atoms with van der Waals surface area (Å²) in [4.78, 5) is 4.32. The van der Waals surface area contributed by atoms with E-state index in [0.29, 0.717) is 10.0 Å². The lowest BCUT2D eigenvalue weighted by atomic mass is 10.1. The SMILES string of the molecule is Cc1c(Cl)ccc(-c2csc(Br)n2)c1Cl. The molecule has 0 N–H and O–H groups in total. The fourth-order valence-corrected chi connectivity index (χ4v) is 2.71. The van der Waals surface area contributed by atoms with Crippen molar-refractivity contribution in [2.24, 2.45) is 0 Å². The molecule has 15 heavy (non-hydrogen) atoms. The third-order valence-electron chi connectivity index (χ3n) is 2.07. The molecule has 0 saturated carbocycles. The van der Waals surface area contributed by atoms with Gasteiger partial charge in [0.15, 0.2) is 3.92 Å². The number of nitrogens with zero attached hydrogens (tertiary/aromatic N) is 1. The number of halogens is 3. The highest BCUT2D eigenvalue weighted by Gasteiger charge is 2.11. The first-order valence-electron chi connectivity index (χ1n) is 4.15. The van der Waals surface area contributed by atoms with Gasteiger partial charge >= 0.3 is 0 Å². The number of thiazole rings is 1. The Morgan fingerprint density at radius 3 is 2.67 bits per heavy atom. The van der Waals surface area contributed by atoms with Gasteiger partial charge in [0, 0.05) is 16.0 Å². The largest absolute Gasteiger partial charge is 0.229 e. The third-order valence-corrected chi connectivity index (χ3v) is 4.33. The summed E-state index contributed by atoms with van der Waals surface area (Å²) >= 11 is 17.0. The van der Waals surface area contributed by atoms with Gasteiger partial charge in [0.05, 0.1) is 10.7 Å². The average Bonchev–Trinajstić information content (AvgIpc) is 2.61. The maximum Gasteiger partial charge on any atom is 0.159 e. The van der Waals surface area contributed by atoms with Crippen molar-refractivity contribution in [3.63, 3.8) is 0 Å². The zero-order valence-electron chi connectivity index (χ0n) is 7.72. The molecule has 0 saturated heterocycles. The van der Waals surface area contributed by atoms with Crippen molar-refractivity contribution in [1.29, 1.82) is 0 Å². The minimum Gasteiger partial charge on any atom is -0.229 e. The highest BCUT2D eigenvalue weighted by Crippen LogP contribution is 2.35. The molecule has 0 amide bonds. The van der Waals surface area contributed by atoms with E-state index in [-0.39, 0.29) is 0 Å². The van der Waals surface area contributed by atoms with Crippen LogP contribution in [0.1, 0.15) is 5.56 Å². The van der Waals surface area contributed by atoms with Gasteiger partial charge in [-0.3, -0.25) is 0 Å². The van der Waals surface area contributed by atoms with Crippen LogP contribution in [0, 0.1) is 6.92 Å². The van der Waals surface area contributed by atoms with Crippen molar-refractivity contribution < 1.29 is 0 Å². The van der Waals surface area contributed by atoms with Gasteiger partial charge in [0.25, 0.3) is 0 Å². The van der Waals surface area contributed by atoms with Gasteiger partial charge in [0.1, 0.15) is 0 Å². The van der Waals surface area contributed by atoms with Crippen molar-refractivity contribution in [3.8, 4) is 11.3 Å². The second-order valence-electron chi connectivity index (χ2n) is 3.02. The van der Waals surface area contributed by atoms with Crippen molar-refractivity contribution in [2.75, 3.05) is 0 Å². The van der Waals surface area contributed by atoms with E-state index >= 15 is 0 Å². The van der Waals surface area contributed by atoms with Crippen molar-refractivity contribution in [2.45, 2.75) is 6.92 Å². The van der Waals surface area contributed by atoms with Crippen LogP contribution in [0.15, 0.2) is 21.4 Å². The first-order valence-corrected chi connectivity index (χ1v) is 6.58. The molecule has 78 valence electrons. The van der Waals surface area contributed by atoms with Gasteiger partial charge in [-0.2, -0.15) is 0 Å². The van der Waals surface area contributed by atoms with E-state index in [9.17, 15) is 0 Å². The minimum atomic E-state index is 0.667. The molecule has 0 aliphatic carbocycles. The fourth-order valence-electron chi connectivity index (χ4n) is 1.23. The summed E-state index contributed by atoms with van der Waals surface area (Å²) in [6.45, 7) is 1.90. The first-order chi connectivity index (χ1) is 7.09. The molecule has 1 heterocycles. The standard InChI is InChI=1S/C10H6BrCl2NS/c1-5-7(12)3-2-6(9(5)13)8-4-15-10(11)14-8/h2-4H,1H3. The molecule has 0 spiro atoms. The summed E-state index contributed by atoms with van der Waals surface area (Å²) in [5, 5.41) is 3.30. The maximum absolute atomic E-state index is 6.21. The van der Waals surface area contributed by atoms with Crippen LogP contribution < -0.4 is 0 Å². The molecule has 0 aliphatic rings. The van der Waals surface area contributed by atoms with E-state index in [1.54, 1.807) is 0 Å². The molecule has 2 aromatic rings. The zero-order chi connectivity index (χ0) is 11.0. The van der Waals surface area contributed by atoms with E-state index in [0.717, 1.165) is 20.7 Å². The monoisotopic (exact) mass is 321 g/mol. The molecule has 0 radical (unpaired) electrons. The van der Waals surface area contributed by atoms with E-state index in [1.807, 2.05) is 24.4 Å². The second kappa shape index (κ2) is 4.42. The molecular formula is C10H6BrCl2NS. The van der Waals surface area contributed by atoms with E-state index in [4.69, 9.17) is 23.2 Å². The van der Waals surface area contributed by atoms with Crippen LogP contribution in [-0.2, 0) is 0 Å². The molecule has 0 unspecified atom stereocenters. The zero-order valence-corrected chi connectivity index (χ0v) is 11.6. The Labute approximate surface area is 110 Å². The molecule has 0 atom stereocenters. The van der Waals surface area contributed by atoms with E-state index in [2.05, 4.69) is 20.9 Å². The average molecular weight is 323 g/mol. The van der Waals surface area contributed by atoms with Gasteiger partial charge in [-0.15, -0.1) is 11.3 Å². The van der Waals surface area contributed by atoms with Crippen LogP contribution in [-0.4, -0.2) is 4.98 Å². The van der Waals surface area contributed by atoms with Crippen LogP contribution in [0.2, 0.25) is 10.0 Å². The number of benzene rings is 1. The van der Waals surface area contributed by atoms with Crippen molar-refractivity contribution in [1.82, 2.24) is 4.98 Å². The Morgan fingerprint density at radius 1 is 1.33 bits per heavy atom. The van der Waals surface area contributed by atoms with Crippen LogP contribution in [0.4, 0.5) is 0 Å². The quantitative estimate of drug-likeness (QED) is 0.704. The Bertz CT molecular complexity index is 510. The second-order valence-corrected chi connectivity index (χ2v) is 5.94. The minimum absolute atomic E-state index is 0.667. The Balaban J connectivity index is 2.59. The molecule has 0 fully saturated rings. The van der Waals surface area contributed by atoms with Gasteiger partial charge < -0.3 is 0 Å². The predicted molar refractivity (Wildman–Crippen MR) is 70.0 cm³/mol. The smallest absolute Gasteiger partial charge is 0.159 e. The van der Waals surface area contributed by atoms with Gasteiger partial charge in [-0.05, 0) is 40.5 Å². The lowest BCUT2D eigenvalue weighted by molar-refractivity contribution is 1.36. The van der Waals surface area contributed by atoms with E-state index < -0.39 is 0 Å². The lowest BCUT2D eigenvalue weighted by Gasteiger charge is -2.05. The number of rotatable bonds is 1. The Kier molecular flexibility index (Phi) is 3.36. The molecular weight excluding hydrogens is 317 g/mol. The number of aromatic nitrogens is 1. The van der Waals surface area contributed by atoms with Crippen LogP contribution in [0.25, 0.3) is 11.3 Å². The topological polar surface area (TPSA) is 12.9 Å². The summed E-state index contributed by atoms with van der Waals surface area (Å²) in [6.07, 6.45) is 0. The van der Waals surface area contributed by atoms with Crippen LogP contribution >= 0.6 is 50.5 Å². The molecule has 0 bridgehead atoms. The number of hydrogen-bond acceptors (Lipinski definition) is 2. The molecule has 5 heteroatoms. The van der Waals surface area contributed by atoms with Crippen LogP contribution in [0.5, 0.6) is 0 Å². The summed E-state index contributed by atoms with van der Waals surface area (Å²) in [6, 6.07) is 3.73. The Hall–Kier alpha value is -0.0900. The highest BCUT2D eigenvalue weighted by molar-refractivity contribution is 9.11. The Morgan fingerprint density at radius 2 is 2.07 bits per heavy atom. The summed E-state index contributed by atoms with van der Waals surface area (Å²) in [5.74, 6) is 0. The van der Waals surface area contributed by atoms with E-state index in [1.165, 1.54) is 11.3 Å². The van der Waals surface area contributed by atoms with Crippen molar-refractivity contribution >= 4 is 50.5 Å². The van der Waals surface area contributed by atoms with Crippen LogP contribution in [0.3, 0.4) is 0 Å².